The van der Waals surface area contributed by atoms with Crippen molar-refractivity contribution in [1.82, 2.24) is 14.1 Å². The van der Waals surface area contributed by atoms with Gasteiger partial charge in [-0.1, -0.05) is 6.92 Å². The lowest BCUT2D eigenvalue weighted by molar-refractivity contribution is 0.0478. The monoisotopic (exact) mass is 276 g/mol. The molecule has 0 bridgehead atoms. The van der Waals surface area contributed by atoms with Crippen LogP contribution in [-0.4, -0.2) is 26.7 Å². The van der Waals surface area contributed by atoms with Gasteiger partial charge in [-0.15, -0.1) is 0 Å². The van der Waals surface area contributed by atoms with Crippen LogP contribution in [0.5, 0.6) is 0 Å². The molecule has 0 aromatic carbocycles. The molecule has 2 rings (SSSR count). The topological polar surface area (TPSA) is 75.1 Å². The highest BCUT2D eigenvalue weighted by Gasteiger charge is 2.14. The Hall–Kier alpha value is -2.24. The third-order valence-electron chi connectivity index (χ3n) is 3.08. The number of carbonyl (C=O) groups is 1. The Kier molecular flexibility index (Phi) is 4.45. The molecule has 0 aliphatic carbocycles. The summed E-state index contributed by atoms with van der Waals surface area (Å²) < 4.78 is 9.06. The van der Waals surface area contributed by atoms with Gasteiger partial charge >= 0.3 is 5.97 Å². The average Bonchev–Trinajstić information content (AvgIpc) is 2.97. The van der Waals surface area contributed by atoms with E-state index in [-0.39, 0.29) is 5.97 Å². The van der Waals surface area contributed by atoms with Gasteiger partial charge in [0.15, 0.2) is 0 Å². The number of aryl methyl sites for hydroxylation is 2. The summed E-state index contributed by atoms with van der Waals surface area (Å²) in [6.07, 6.45) is 6.29. The smallest absolute Gasteiger partial charge is 0.355 e. The minimum absolute atomic E-state index is 0.313. The van der Waals surface area contributed by atoms with E-state index in [2.05, 4.69) is 4.98 Å². The molecule has 0 radical (unpaired) electrons. The molecule has 0 atom stereocenters. The first kappa shape index (κ1) is 14.2. The van der Waals surface area contributed by atoms with Crippen LogP contribution in [-0.2, 0) is 17.8 Å². The molecule has 2 heterocycles. The van der Waals surface area contributed by atoms with Gasteiger partial charge in [0, 0.05) is 25.1 Å². The molecule has 0 aliphatic rings. The zero-order chi connectivity index (χ0) is 14.5. The molecule has 0 saturated heterocycles. The van der Waals surface area contributed by atoms with Crippen LogP contribution in [0.3, 0.4) is 0 Å². The van der Waals surface area contributed by atoms with Crippen molar-refractivity contribution in [2.24, 2.45) is 0 Å². The van der Waals surface area contributed by atoms with Crippen LogP contribution in [0.15, 0.2) is 24.7 Å². The van der Waals surface area contributed by atoms with E-state index >= 15 is 0 Å². The molecule has 2 aromatic heterocycles. The molecule has 0 fully saturated rings. The number of anilines is 1. The number of nitrogens with zero attached hydrogens (tertiary/aromatic N) is 3. The van der Waals surface area contributed by atoms with E-state index in [1.54, 1.807) is 18.5 Å². The average molecular weight is 276 g/mol. The molecule has 0 spiro atoms. The molecular weight excluding hydrogens is 256 g/mol. The fourth-order valence-electron chi connectivity index (χ4n) is 2.08. The molecule has 2 N–H and O–H groups in total. The lowest BCUT2D eigenvalue weighted by atomic mass is 10.4. The highest BCUT2D eigenvalue weighted by Crippen LogP contribution is 2.12. The first-order valence-corrected chi connectivity index (χ1v) is 6.72. The van der Waals surface area contributed by atoms with Gasteiger partial charge in [-0.25, -0.2) is 9.78 Å². The second-order valence-electron chi connectivity index (χ2n) is 4.66. The van der Waals surface area contributed by atoms with E-state index in [1.165, 1.54) is 0 Å². The van der Waals surface area contributed by atoms with Crippen molar-refractivity contribution in [2.45, 2.75) is 33.4 Å². The summed E-state index contributed by atoms with van der Waals surface area (Å²) >= 11 is 0. The van der Waals surface area contributed by atoms with Crippen molar-refractivity contribution in [2.75, 3.05) is 12.3 Å². The fraction of sp³-hybridized carbons (Fsp3) is 0.429. The molecule has 0 saturated carbocycles. The Labute approximate surface area is 118 Å². The van der Waals surface area contributed by atoms with Gasteiger partial charge in [0.05, 0.1) is 12.2 Å². The molecular formula is C14H20N4O2. The third kappa shape index (κ3) is 3.20. The number of nitrogen functional groups attached to an aromatic ring is 1. The van der Waals surface area contributed by atoms with E-state index < -0.39 is 0 Å². The number of nitrogens with two attached hydrogens (primary N) is 1. The number of ether oxygens (including phenoxy) is 1. The molecule has 2 aromatic rings. The van der Waals surface area contributed by atoms with Gasteiger partial charge in [-0.2, -0.15) is 0 Å². The molecule has 20 heavy (non-hydrogen) atoms. The van der Waals surface area contributed by atoms with Gasteiger partial charge in [-0.3, -0.25) is 0 Å². The van der Waals surface area contributed by atoms with Gasteiger partial charge < -0.3 is 19.6 Å². The predicted molar refractivity (Wildman–Crippen MR) is 76.4 cm³/mol. The normalized spacial score (nSPS) is 10.7. The van der Waals surface area contributed by atoms with Crippen molar-refractivity contribution in [1.29, 1.82) is 0 Å². The summed E-state index contributed by atoms with van der Waals surface area (Å²) in [4.78, 5) is 16.2. The third-order valence-corrected chi connectivity index (χ3v) is 3.08. The van der Waals surface area contributed by atoms with Crippen molar-refractivity contribution >= 4 is 11.7 Å². The van der Waals surface area contributed by atoms with Crippen molar-refractivity contribution < 1.29 is 9.53 Å². The Balaban J connectivity index is 1.93. The van der Waals surface area contributed by atoms with Gasteiger partial charge in [0.1, 0.15) is 18.1 Å². The number of hydrogen-bond acceptors (Lipinski definition) is 4. The Morgan fingerprint density at radius 2 is 2.20 bits per heavy atom. The van der Waals surface area contributed by atoms with Gasteiger partial charge in [0.25, 0.3) is 0 Å². The van der Waals surface area contributed by atoms with E-state index in [1.807, 2.05) is 29.2 Å². The summed E-state index contributed by atoms with van der Waals surface area (Å²) in [7, 11) is 0. The lowest BCUT2D eigenvalue weighted by Gasteiger charge is -2.09. The summed E-state index contributed by atoms with van der Waals surface area (Å²) in [5.41, 5.74) is 6.82. The molecule has 0 unspecified atom stereocenters. The number of carbonyl (C=O) groups excluding carboxylic acids is 1. The second-order valence-corrected chi connectivity index (χ2v) is 4.66. The van der Waals surface area contributed by atoms with E-state index in [0.717, 1.165) is 18.8 Å². The largest absolute Gasteiger partial charge is 0.459 e. The zero-order valence-electron chi connectivity index (χ0n) is 11.9. The van der Waals surface area contributed by atoms with E-state index in [0.29, 0.717) is 24.5 Å². The minimum Gasteiger partial charge on any atom is -0.459 e. The van der Waals surface area contributed by atoms with Gasteiger partial charge in [0.2, 0.25) is 0 Å². The number of imidazole rings is 1. The van der Waals surface area contributed by atoms with E-state index in [9.17, 15) is 4.79 Å². The highest BCUT2D eigenvalue weighted by atomic mass is 16.5. The minimum atomic E-state index is -0.340. The summed E-state index contributed by atoms with van der Waals surface area (Å²) in [5.74, 6) is 0.563. The maximum atomic E-state index is 12.0. The highest BCUT2D eigenvalue weighted by molar-refractivity contribution is 5.89. The summed E-state index contributed by atoms with van der Waals surface area (Å²) in [5, 5.41) is 0. The quantitative estimate of drug-likeness (QED) is 0.817. The van der Waals surface area contributed by atoms with Crippen LogP contribution in [0.4, 0.5) is 5.69 Å². The molecule has 0 aliphatic heterocycles. The van der Waals surface area contributed by atoms with Crippen LogP contribution in [0.1, 0.15) is 29.7 Å². The first-order valence-electron chi connectivity index (χ1n) is 6.72. The predicted octanol–water partition coefficient (Wildman–Crippen LogP) is 1.84. The number of esters is 1. The Morgan fingerprint density at radius 3 is 2.85 bits per heavy atom. The molecule has 0 amide bonds. The number of aromatic nitrogens is 3. The standard InChI is InChI=1S/C14H20N4O2/c1-3-5-18-10-12(15)9-13(18)14(19)20-8-7-17-6-4-16-11(17)2/h4,6,9-10H,3,5,7-8,15H2,1-2H3. The summed E-state index contributed by atoms with van der Waals surface area (Å²) in [6.45, 7) is 5.62. The first-order chi connectivity index (χ1) is 9.61. The maximum Gasteiger partial charge on any atom is 0.355 e. The molecule has 108 valence electrons. The van der Waals surface area contributed by atoms with Crippen LogP contribution in [0.2, 0.25) is 0 Å². The number of rotatable bonds is 6. The second kappa shape index (κ2) is 6.27. The Morgan fingerprint density at radius 1 is 1.40 bits per heavy atom. The maximum absolute atomic E-state index is 12.0. The van der Waals surface area contributed by atoms with Crippen LogP contribution in [0.25, 0.3) is 0 Å². The lowest BCUT2D eigenvalue weighted by Crippen LogP contribution is -2.15. The number of hydrogen-bond donors (Lipinski definition) is 1. The summed E-state index contributed by atoms with van der Waals surface area (Å²) in [6, 6.07) is 1.65. The van der Waals surface area contributed by atoms with Crippen molar-refractivity contribution in [3.8, 4) is 0 Å². The fourth-order valence-corrected chi connectivity index (χ4v) is 2.08. The molecule has 6 heteroatoms. The molecule has 6 nitrogen and oxygen atoms in total. The van der Waals surface area contributed by atoms with Crippen molar-refractivity contribution in [3.05, 3.63) is 36.2 Å². The Bertz CT molecular complexity index is 586. The van der Waals surface area contributed by atoms with Crippen molar-refractivity contribution in [3.63, 3.8) is 0 Å². The van der Waals surface area contributed by atoms with Crippen LogP contribution in [0, 0.1) is 6.92 Å². The van der Waals surface area contributed by atoms with Crippen LogP contribution >= 0.6 is 0 Å². The SMILES string of the molecule is CCCn1cc(N)cc1C(=O)OCCn1ccnc1C. The van der Waals surface area contributed by atoms with E-state index in [4.69, 9.17) is 10.5 Å². The van der Waals surface area contributed by atoms with Gasteiger partial charge in [-0.05, 0) is 19.4 Å². The van der Waals surface area contributed by atoms with Crippen LogP contribution < -0.4 is 5.73 Å². The zero-order valence-corrected chi connectivity index (χ0v) is 11.9.